The average molecular weight is 369 g/mol. The zero-order chi connectivity index (χ0) is 18.4. The minimum Gasteiger partial charge on any atom is -0.377 e. The minimum atomic E-state index is -3.54. The maximum atomic E-state index is 12.3. The van der Waals surface area contributed by atoms with Gasteiger partial charge in [0.2, 0.25) is 10.0 Å². The molecule has 0 unspecified atom stereocenters. The lowest BCUT2D eigenvalue weighted by atomic mass is 10.1. The number of hydrogen-bond donors (Lipinski definition) is 2. The first kappa shape index (κ1) is 19.4. The van der Waals surface area contributed by atoms with Crippen LogP contribution in [0, 0.1) is 0 Å². The van der Waals surface area contributed by atoms with E-state index in [0.29, 0.717) is 25.4 Å². The molecular weight excluding hydrogens is 346 g/mol. The summed E-state index contributed by atoms with van der Waals surface area (Å²) in [4.78, 5) is 26.0. The molecule has 0 radical (unpaired) electrons. The number of carbonyl (C=O) groups excluding carboxylic acids is 2. The predicted octanol–water partition coefficient (Wildman–Crippen LogP) is 0.561. The second-order valence-electron chi connectivity index (χ2n) is 5.66. The van der Waals surface area contributed by atoms with Gasteiger partial charge < -0.3 is 15.0 Å². The van der Waals surface area contributed by atoms with E-state index in [4.69, 9.17) is 4.74 Å². The van der Waals surface area contributed by atoms with Gasteiger partial charge in [-0.15, -0.1) is 0 Å². The number of sulfonamides is 1. The second-order valence-corrected chi connectivity index (χ2v) is 7.54. The summed E-state index contributed by atoms with van der Waals surface area (Å²) >= 11 is 0. The van der Waals surface area contributed by atoms with E-state index in [0.717, 1.165) is 12.8 Å². The standard InChI is InChI=1S/C16H23N3O5S/c1-3-24-13-5-4-10-19(11-13)16(21)15(20)18-12-6-8-14(9-7-12)25(22,23)17-2/h6-9,13,17H,3-5,10-11H2,1-2H3,(H,18,20)/t13-/m1/s1. The molecule has 1 aliphatic heterocycles. The molecule has 0 saturated carbocycles. The Balaban J connectivity index is 1.98. The Labute approximate surface area is 147 Å². The summed E-state index contributed by atoms with van der Waals surface area (Å²) < 4.78 is 31.1. The van der Waals surface area contributed by atoms with E-state index in [1.165, 1.54) is 36.2 Å². The van der Waals surface area contributed by atoms with Crippen LogP contribution in [0.25, 0.3) is 0 Å². The lowest BCUT2D eigenvalue weighted by Crippen LogP contribution is -2.47. The molecule has 0 aliphatic carbocycles. The Morgan fingerprint density at radius 2 is 1.96 bits per heavy atom. The molecule has 2 N–H and O–H groups in total. The number of amides is 2. The van der Waals surface area contributed by atoms with Crippen LogP contribution in [0.5, 0.6) is 0 Å². The molecule has 1 atom stereocenters. The van der Waals surface area contributed by atoms with Crippen LogP contribution < -0.4 is 10.0 Å². The highest BCUT2D eigenvalue weighted by Gasteiger charge is 2.28. The molecule has 1 aromatic rings. The lowest BCUT2D eigenvalue weighted by molar-refractivity contribution is -0.145. The molecule has 2 amide bonds. The number of hydrogen-bond acceptors (Lipinski definition) is 5. The number of benzene rings is 1. The van der Waals surface area contributed by atoms with E-state index in [1.54, 1.807) is 0 Å². The molecule has 9 heteroatoms. The zero-order valence-electron chi connectivity index (χ0n) is 14.3. The van der Waals surface area contributed by atoms with Gasteiger partial charge in [0.15, 0.2) is 0 Å². The summed E-state index contributed by atoms with van der Waals surface area (Å²) in [5, 5.41) is 2.50. The minimum absolute atomic E-state index is 0.0402. The van der Waals surface area contributed by atoms with Gasteiger partial charge >= 0.3 is 11.8 Å². The van der Waals surface area contributed by atoms with Crippen molar-refractivity contribution < 1.29 is 22.7 Å². The van der Waals surface area contributed by atoms with Crippen molar-refractivity contribution in [1.82, 2.24) is 9.62 Å². The van der Waals surface area contributed by atoms with Crippen molar-refractivity contribution in [3.8, 4) is 0 Å². The highest BCUT2D eigenvalue weighted by atomic mass is 32.2. The highest BCUT2D eigenvalue weighted by molar-refractivity contribution is 7.89. The fraction of sp³-hybridized carbons (Fsp3) is 0.500. The molecule has 0 aromatic heterocycles. The topological polar surface area (TPSA) is 105 Å². The molecule has 1 heterocycles. The summed E-state index contributed by atoms with van der Waals surface area (Å²) in [6.45, 7) is 3.39. The summed E-state index contributed by atoms with van der Waals surface area (Å²) in [5.41, 5.74) is 0.353. The molecule has 25 heavy (non-hydrogen) atoms. The van der Waals surface area contributed by atoms with Crippen molar-refractivity contribution in [3.05, 3.63) is 24.3 Å². The van der Waals surface area contributed by atoms with Gasteiger partial charge in [-0.25, -0.2) is 13.1 Å². The maximum Gasteiger partial charge on any atom is 0.313 e. The molecule has 138 valence electrons. The Hall–Kier alpha value is -1.97. The average Bonchev–Trinajstić information content (AvgIpc) is 2.62. The number of piperidine rings is 1. The molecule has 1 aromatic carbocycles. The van der Waals surface area contributed by atoms with E-state index in [9.17, 15) is 18.0 Å². The molecule has 1 aliphatic rings. The molecule has 1 fully saturated rings. The fourth-order valence-corrected chi connectivity index (χ4v) is 3.39. The van der Waals surface area contributed by atoms with Crippen LogP contribution in [0.3, 0.4) is 0 Å². The van der Waals surface area contributed by atoms with E-state index in [1.807, 2.05) is 6.92 Å². The maximum absolute atomic E-state index is 12.3. The quantitative estimate of drug-likeness (QED) is 0.738. The van der Waals surface area contributed by atoms with Gasteiger partial charge in [-0.05, 0) is 51.1 Å². The third kappa shape index (κ3) is 5.00. The van der Waals surface area contributed by atoms with Gasteiger partial charge in [-0.1, -0.05) is 0 Å². The lowest BCUT2D eigenvalue weighted by Gasteiger charge is -2.31. The number of likely N-dealkylation sites (tertiary alicyclic amines) is 1. The summed E-state index contributed by atoms with van der Waals surface area (Å²) in [7, 11) is -2.22. The van der Waals surface area contributed by atoms with Crippen molar-refractivity contribution in [2.24, 2.45) is 0 Å². The van der Waals surface area contributed by atoms with Gasteiger partial charge in [-0.3, -0.25) is 9.59 Å². The van der Waals surface area contributed by atoms with Crippen LogP contribution in [-0.2, 0) is 24.3 Å². The zero-order valence-corrected chi connectivity index (χ0v) is 15.1. The van der Waals surface area contributed by atoms with Crippen molar-refractivity contribution in [3.63, 3.8) is 0 Å². The number of anilines is 1. The molecule has 8 nitrogen and oxygen atoms in total. The van der Waals surface area contributed by atoms with Gasteiger partial charge in [0.1, 0.15) is 0 Å². The van der Waals surface area contributed by atoms with Crippen LogP contribution in [-0.4, -0.2) is 58.0 Å². The number of nitrogens with one attached hydrogen (secondary N) is 2. The van der Waals surface area contributed by atoms with Crippen molar-refractivity contribution in [2.45, 2.75) is 30.8 Å². The second kappa shape index (κ2) is 8.41. The Morgan fingerprint density at radius 1 is 1.28 bits per heavy atom. The molecule has 2 rings (SSSR count). The van der Waals surface area contributed by atoms with Crippen molar-refractivity contribution in [1.29, 1.82) is 0 Å². The number of nitrogens with zero attached hydrogens (tertiary/aromatic N) is 1. The predicted molar refractivity (Wildman–Crippen MR) is 92.5 cm³/mol. The Kier molecular flexibility index (Phi) is 6.51. The van der Waals surface area contributed by atoms with E-state index < -0.39 is 21.8 Å². The Morgan fingerprint density at radius 3 is 2.56 bits per heavy atom. The first-order chi connectivity index (χ1) is 11.9. The van der Waals surface area contributed by atoms with Gasteiger partial charge in [0.05, 0.1) is 11.0 Å². The van der Waals surface area contributed by atoms with Crippen LogP contribution in [0.2, 0.25) is 0 Å². The number of ether oxygens (including phenoxy) is 1. The molecule has 0 bridgehead atoms. The third-order valence-corrected chi connectivity index (χ3v) is 5.38. The Bertz CT molecular complexity index is 716. The monoisotopic (exact) mass is 369 g/mol. The van der Waals surface area contributed by atoms with E-state index in [2.05, 4.69) is 10.0 Å². The van der Waals surface area contributed by atoms with Gasteiger partial charge in [0.25, 0.3) is 0 Å². The first-order valence-electron chi connectivity index (χ1n) is 8.13. The third-order valence-electron chi connectivity index (χ3n) is 3.95. The van der Waals surface area contributed by atoms with Crippen molar-refractivity contribution in [2.75, 3.05) is 32.1 Å². The number of rotatable bonds is 5. The summed E-state index contributed by atoms with van der Waals surface area (Å²) in [5.74, 6) is -1.36. The van der Waals surface area contributed by atoms with Crippen molar-refractivity contribution >= 4 is 27.5 Å². The molecular formula is C16H23N3O5S. The smallest absolute Gasteiger partial charge is 0.313 e. The summed E-state index contributed by atoms with van der Waals surface area (Å²) in [6.07, 6.45) is 1.63. The van der Waals surface area contributed by atoms with Gasteiger partial charge in [-0.2, -0.15) is 0 Å². The van der Waals surface area contributed by atoms with Crippen LogP contribution >= 0.6 is 0 Å². The molecule has 0 spiro atoms. The van der Waals surface area contributed by atoms with Crippen LogP contribution in [0.15, 0.2) is 29.2 Å². The SMILES string of the molecule is CCO[C@@H]1CCCN(C(=O)C(=O)Nc2ccc(S(=O)(=O)NC)cc2)C1. The van der Waals surface area contributed by atoms with Gasteiger partial charge in [0, 0.05) is 25.4 Å². The largest absolute Gasteiger partial charge is 0.377 e. The number of carbonyl (C=O) groups is 2. The van der Waals surface area contributed by atoms with E-state index >= 15 is 0 Å². The molecule has 1 saturated heterocycles. The van der Waals surface area contributed by atoms with E-state index in [-0.39, 0.29) is 11.0 Å². The first-order valence-corrected chi connectivity index (χ1v) is 9.61. The van der Waals surface area contributed by atoms with Crippen LogP contribution in [0.4, 0.5) is 5.69 Å². The summed E-state index contributed by atoms with van der Waals surface area (Å²) in [6, 6.07) is 5.60. The van der Waals surface area contributed by atoms with Crippen LogP contribution in [0.1, 0.15) is 19.8 Å². The highest BCUT2D eigenvalue weighted by Crippen LogP contribution is 2.16. The normalized spacial score (nSPS) is 18.0. The fourth-order valence-electron chi connectivity index (χ4n) is 2.66.